The molecule has 3 rings (SSSR count). The Hall–Kier alpha value is -2.14. The largest absolute Gasteiger partial charge is 0.476 e. The smallest absolute Gasteiger partial charge is 0.358 e. The number of hydrogen-bond donors (Lipinski definition) is 1. The molecular formula is C15H15NO4. The molecule has 1 saturated heterocycles. The molecule has 1 aromatic carbocycles. The van der Waals surface area contributed by atoms with Crippen LogP contribution < -0.4 is 0 Å². The summed E-state index contributed by atoms with van der Waals surface area (Å²) in [6.45, 7) is 2.64. The number of carbonyl (C=O) groups is 1. The van der Waals surface area contributed by atoms with Crippen LogP contribution >= 0.6 is 0 Å². The van der Waals surface area contributed by atoms with E-state index in [9.17, 15) is 9.90 Å². The van der Waals surface area contributed by atoms with Gasteiger partial charge >= 0.3 is 5.97 Å². The number of ether oxygens (including phenoxy) is 1. The molecule has 20 heavy (non-hydrogen) atoms. The molecule has 5 nitrogen and oxygen atoms in total. The molecule has 2 heterocycles. The van der Waals surface area contributed by atoms with E-state index in [1.54, 1.807) is 0 Å². The lowest BCUT2D eigenvalue weighted by atomic mass is 10.0. The molecule has 1 N–H and O–H groups in total. The molecule has 0 spiro atoms. The molecule has 1 aromatic heterocycles. The van der Waals surface area contributed by atoms with Crippen LogP contribution in [0.4, 0.5) is 0 Å². The number of aromatic nitrogens is 1. The Morgan fingerprint density at radius 3 is 2.70 bits per heavy atom. The van der Waals surface area contributed by atoms with Crippen LogP contribution in [-0.4, -0.2) is 22.7 Å². The lowest BCUT2D eigenvalue weighted by molar-refractivity contribution is 0.0627. The minimum atomic E-state index is -1.09. The number of carboxylic acid groups (broad SMARTS) is 1. The van der Waals surface area contributed by atoms with Crippen LogP contribution in [0, 0.1) is 5.92 Å². The first kappa shape index (κ1) is 12.9. The monoisotopic (exact) mass is 273 g/mol. The van der Waals surface area contributed by atoms with Gasteiger partial charge in [-0.3, -0.25) is 0 Å². The molecule has 0 amide bonds. The third-order valence-corrected chi connectivity index (χ3v) is 3.52. The predicted molar refractivity (Wildman–Crippen MR) is 71.4 cm³/mol. The van der Waals surface area contributed by atoms with E-state index in [4.69, 9.17) is 9.15 Å². The maximum atomic E-state index is 11.4. The number of aromatic carboxylic acids is 1. The van der Waals surface area contributed by atoms with E-state index >= 15 is 0 Å². The SMILES string of the molecule is CC1CCOC1c1oc(-c2ccccc2)nc1C(=O)O. The molecule has 0 bridgehead atoms. The van der Waals surface area contributed by atoms with Crippen LogP contribution in [0.15, 0.2) is 34.7 Å². The summed E-state index contributed by atoms with van der Waals surface area (Å²) in [5, 5.41) is 9.29. The van der Waals surface area contributed by atoms with Crippen molar-refractivity contribution in [1.29, 1.82) is 0 Å². The Balaban J connectivity index is 2.05. The van der Waals surface area contributed by atoms with Crippen molar-refractivity contribution in [2.24, 2.45) is 5.92 Å². The van der Waals surface area contributed by atoms with Gasteiger partial charge in [0.15, 0.2) is 11.5 Å². The molecule has 2 atom stereocenters. The van der Waals surface area contributed by atoms with Gasteiger partial charge in [0, 0.05) is 12.2 Å². The first-order valence-electron chi connectivity index (χ1n) is 6.58. The first-order chi connectivity index (χ1) is 9.66. The van der Waals surface area contributed by atoms with Gasteiger partial charge in [-0.05, 0) is 24.5 Å². The van der Waals surface area contributed by atoms with E-state index in [1.807, 2.05) is 37.3 Å². The topological polar surface area (TPSA) is 72.6 Å². The number of nitrogens with zero attached hydrogens (tertiary/aromatic N) is 1. The molecular weight excluding hydrogens is 258 g/mol. The van der Waals surface area contributed by atoms with Crippen LogP contribution in [0.2, 0.25) is 0 Å². The van der Waals surface area contributed by atoms with Gasteiger partial charge in [0.05, 0.1) is 0 Å². The summed E-state index contributed by atoms with van der Waals surface area (Å²) in [5.41, 5.74) is 0.703. The minimum Gasteiger partial charge on any atom is -0.476 e. The number of hydrogen-bond acceptors (Lipinski definition) is 4. The van der Waals surface area contributed by atoms with Crippen molar-refractivity contribution in [3.63, 3.8) is 0 Å². The third-order valence-electron chi connectivity index (χ3n) is 3.52. The summed E-state index contributed by atoms with van der Waals surface area (Å²) < 4.78 is 11.3. The summed E-state index contributed by atoms with van der Waals surface area (Å²) in [4.78, 5) is 15.5. The maximum absolute atomic E-state index is 11.4. The van der Waals surface area contributed by atoms with E-state index in [-0.39, 0.29) is 17.7 Å². The van der Waals surface area contributed by atoms with Gasteiger partial charge in [-0.2, -0.15) is 0 Å². The quantitative estimate of drug-likeness (QED) is 0.930. The zero-order chi connectivity index (χ0) is 14.1. The fourth-order valence-corrected chi connectivity index (χ4v) is 2.41. The van der Waals surface area contributed by atoms with Crippen molar-refractivity contribution in [2.75, 3.05) is 6.61 Å². The Morgan fingerprint density at radius 2 is 2.10 bits per heavy atom. The van der Waals surface area contributed by atoms with Gasteiger partial charge in [-0.1, -0.05) is 25.1 Å². The predicted octanol–water partition coefficient (Wildman–Crippen LogP) is 3.14. The van der Waals surface area contributed by atoms with Gasteiger partial charge in [0.25, 0.3) is 0 Å². The lowest BCUT2D eigenvalue weighted by Gasteiger charge is -2.11. The van der Waals surface area contributed by atoms with E-state index in [0.29, 0.717) is 18.3 Å². The second-order valence-electron chi connectivity index (χ2n) is 4.96. The Labute approximate surface area is 116 Å². The highest BCUT2D eigenvalue weighted by Crippen LogP contribution is 2.37. The standard InChI is InChI=1S/C15H15NO4/c1-9-7-8-19-12(9)13-11(15(17)18)16-14(20-13)10-5-3-2-4-6-10/h2-6,9,12H,7-8H2,1H3,(H,17,18). The van der Waals surface area contributed by atoms with Gasteiger partial charge in [0.1, 0.15) is 6.10 Å². The van der Waals surface area contributed by atoms with E-state index in [2.05, 4.69) is 4.98 Å². The van der Waals surface area contributed by atoms with Crippen LogP contribution in [-0.2, 0) is 4.74 Å². The average molecular weight is 273 g/mol. The van der Waals surface area contributed by atoms with Crippen LogP contribution in [0.1, 0.15) is 35.7 Å². The summed E-state index contributed by atoms with van der Waals surface area (Å²) in [6.07, 6.45) is 0.566. The van der Waals surface area contributed by atoms with Gasteiger partial charge in [-0.25, -0.2) is 9.78 Å². The van der Waals surface area contributed by atoms with Gasteiger partial charge < -0.3 is 14.3 Å². The highest BCUT2D eigenvalue weighted by Gasteiger charge is 2.34. The van der Waals surface area contributed by atoms with Crippen molar-refractivity contribution >= 4 is 5.97 Å². The first-order valence-corrected chi connectivity index (χ1v) is 6.58. The third kappa shape index (κ3) is 2.20. The fraction of sp³-hybridized carbons (Fsp3) is 0.333. The van der Waals surface area contributed by atoms with Crippen LogP contribution in [0.5, 0.6) is 0 Å². The molecule has 1 aliphatic rings. The second kappa shape index (κ2) is 5.09. The molecule has 5 heteroatoms. The van der Waals surface area contributed by atoms with E-state index < -0.39 is 5.97 Å². The molecule has 2 aromatic rings. The lowest BCUT2D eigenvalue weighted by Crippen LogP contribution is -2.09. The Bertz CT molecular complexity index is 620. The number of benzene rings is 1. The van der Waals surface area contributed by atoms with Crippen molar-refractivity contribution in [3.05, 3.63) is 41.8 Å². The zero-order valence-corrected chi connectivity index (χ0v) is 11.1. The molecule has 1 fully saturated rings. The Kier molecular flexibility index (Phi) is 3.28. The van der Waals surface area contributed by atoms with Crippen LogP contribution in [0.25, 0.3) is 11.5 Å². The molecule has 1 aliphatic heterocycles. The normalized spacial score (nSPS) is 22.1. The van der Waals surface area contributed by atoms with E-state index in [0.717, 1.165) is 12.0 Å². The number of rotatable bonds is 3. The summed E-state index contributed by atoms with van der Waals surface area (Å²) in [6, 6.07) is 9.26. The summed E-state index contributed by atoms with van der Waals surface area (Å²) in [7, 11) is 0. The average Bonchev–Trinajstić information content (AvgIpc) is 3.05. The van der Waals surface area contributed by atoms with Crippen molar-refractivity contribution in [3.8, 4) is 11.5 Å². The molecule has 0 radical (unpaired) electrons. The molecule has 0 saturated carbocycles. The summed E-state index contributed by atoms with van der Waals surface area (Å²) >= 11 is 0. The van der Waals surface area contributed by atoms with Gasteiger partial charge in [0.2, 0.25) is 5.89 Å². The maximum Gasteiger partial charge on any atom is 0.358 e. The second-order valence-corrected chi connectivity index (χ2v) is 4.96. The molecule has 2 unspecified atom stereocenters. The Morgan fingerprint density at radius 1 is 1.35 bits per heavy atom. The zero-order valence-electron chi connectivity index (χ0n) is 11.1. The van der Waals surface area contributed by atoms with Crippen molar-refractivity contribution < 1.29 is 19.1 Å². The van der Waals surface area contributed by atoms with Gasteiger partial charge in [-0.15, -0.1) is 0 Å². The minimum absolute atomic E-state index is 0.0531. The number of oxazole rings is 1. The fourth-order valence-electron chi connectivity index (χ4n) is 2.41. The highest BCUT2D eigenvalue weighted by molar-refractivity contribution is 5.87. The number of carboxylic acids is 1. The molecule has 104 valence electrons. The highest BCUT2D eigenvalue weighted by atomic mass is 16.5. The van der Waals surface area contributed by atoms with Crippen molar-refractivity contribution in [2.45, 2.75) is 19.4 Å². The summed E-state index contributed by atoms with van der Waals surface area (Å²) in [5.74, 6) is -0.222. The van der Waals surface area contributed by atoms with Crippen molar-refractivity contribution in [1.82, 2.24) is 4.98 Å². The van der Waals surface area contributed by atoms with E-state index in [1.165, 1.54) is 0 Å². The molecule has 0 aliphatic carbocycles. The van der Waals surface area contributed by atoms with Crippen LogP contribution in [0.3, 0.4) is 0 Å².